The van der Waals surface area contributed by atoms with Crippen LogP contribution in [-0.4, -0.2) is 23.9 Å². The largest absolute Gasteiger partial charge is 0.322 e. The number of nitrogens with one attached hydrogen (secondary N) is 2. The number of aromatic nitrogens is 2. The first-order valence-corrected chi connectivity index (χ1v) is 11.4. The number of hydrogen-bond donors (Lipinski definition) is 2. The summed E-state index contributed by atoms with van der Waals surface area (Å²) in [5.41, 5.74) is 3.93. The van der Waals surface area contributed by atoms with Crippen molar-refractivity contribution in [3.05, 3.63) is 102 Å². The summed E-state index contributed by atoms with van der Waals surface area (Å²) in [4.78, 5) is 17.3. The molecule has 2 aromatic carbocycles. The molecule has 2 heterocycles. The Kier molecular flexibility index (Phi) is 5.79. The molecule has 0 fully saturated rings. The fraction of sp³-hybridized carbons (Fsp3) is 0.0833. The van der Waals surface area contributed by atoms with E-state index in [0.717, 1.165) is 17.1 Å². The van der Waals surface area contributed by atoms with E-state index < -0.39 is 10.0 Å². The van der Waals surface area contributed by atoms with Gasteiger partial charge in [-0.3, -0.25) is 14.5 Å². The third-order valence-electron chi connectivity index (χ3n) is 5.01. The molecular weight excluding hydrogens is 424 g/mol. The van der Waals surface area contributed by atoms with Gasteiger partial charge < -0.3 is 9.88 Å². The molecule has 162 valence electrons. The van der Waals surface area contributed by atoms with Crippen molar-refractivity contribution in [3.8, 4) is 5.69 Å². The second-order valence-electron chi connectivity index (χ2n) is 7.28. The first-order valence-electron chi connectivity index (χ1n) is 9.94. The first-order chi connectivity index (χ1) is 15.3. The summed E-state index contributed by atoms with van der Waals surface area (Å²) < 4.78 is 29.6. The summed E-state index contributed by atoms with van der Waals surface area (Å²) >= 11 is 0. The number of hydrogen-bond acceptors (Lipinski definition) is 4. The molecule has 0 bridgehead atoms. The molecule has 2 aromatic heterocycles. The van der Waals surface area contributed by atoms with Crippen molar-refractivity contribution in [2.45, 2.75) is 18.7 Å². The molecule has 0 unspecified atom stereocenters. The zero-order valence-electron chi connectivity index (χ0n) is 17.6. The normalized spacial score (nSPS) is 11.2. The molecule has 0 aliphatic heterocycles. The second-order valence-corrected chi connectivity index (χ2v) is 8.97. The van der Waals surface area contributed by atoms with Gasteiger partial charge >= 0.3 is 0 Å². The van der Waals surface area contributed by atoms with E-state index in [-0.39, 0.29) is 10.8 Å². The predicted octanol–water partition coefficient (Wildman–Crippen LogP) is 4.54. The molecular formula is C24H22N4O3S. The number of carbonyl (C=O) groups is 1. The molecule has 4 aromatic rings. The van der Waals surface area contributed by atoms with Crippen LogP contribution in [0.25, 0.3) is 5.69 Å². The van der Waals surface area contributed by atoms with E-state index in [1.54, 1.807) is 54.9 Å². The van der Waals surface area contributed by atoms with Gasteiger partial charge in [0.1, 0.15) is 0 Å². The van der Waals surface area contributed by atoms with Crippen molar-refractivity contribution in [3.63, 3.8) is 0 Å². The molecule has 1 amide bonds. The topological polar surface area (TPSA) is 93.1 Å². The maximum atomic E-state index is 13.0. The number of sulfonamides is 1. The van der Waals surface area contributed by atoms with Crippen LogP contribution in [0.1, 0.15) is 21.7 Å². The Morgan fingerprint density at radius 3 is 2.38 bits per heavy atom. The third-order valence-corrected chi connectivity index (χ3v) is 6.40. The lowest BCUT2D eigenvalue weighted by molar-refractivity contribution is 0.102. The Labute approximate surface area is 186 Å². The maximum absolute atomic E-state index is 13.0. The van der Waals surface area contributed by atoms with Gasteiger partial charge in [0.25, 0.3) is 15.9 Å². The van der Waals surface area contributed by atoms with Crippen molar-refractivity contribution >= 4 is 27.3 Å². The summed E-state index contributed by atoms with van der Waals surface area (Å²) in [7, 11) is -3.72. The third kappa shape index (κ3) is 4.40. The van der Waals surface area contributed by atoms with Gasteiger partial charge in [-0.15, -0.1) is 0 Å². The molecule has 4 rings (SSSR count). The molecule has 0 atom stereocenters. The van der Waals surface area contributed by atoms with Crippen LogP contribution in [0.2, 0.25) is 0 Å². The molecule has 2 N–H and O–H groups in total. The minimum atomic E-state index is -3.72. The fourth-order valence-electron chi connectivity index (χ4n) is 3.55. The summed E-state index contributed by atoms with van der Waals surface area (Å²) in [5, 5.41) is 2.85. The molecule has 0 spiro atoms. The standard InChI is InChI=1S/C24H22N4O3S/c1-17-14-23(18(2)28(17)21-10-7-13-25-16-21)24(29)26-19-8-6-9-20(15-19)27-32(30,31)22-11-4-3-5-12-22/h3-16,27H,1-2H3,(H,26,29). The Morgan fingerprint density at radius 1 is 0.906 bits per heavy atom. The van der Waals surface area contributed by atoms with Crippen molar-refractivity contribution < 1.29 is 13.2 Å². The SMILES string of the molecule is Cc1cc(C(=O)Nc2cccc(NS(=O)(=O)c3ccccc3)c2)c(C)n1-c1cccnc1. The van der Waals surface area contributed by atoms with E-state index >= 15 is 0 Å². The van der Waals surface area contributed by atoms with Crippen LogP contribution in [0.5, 0.6) is 0 Å². The summed E-state index contributed by atoms with van der Waals surface area (Å²) in [6.07, 6.45) is 3.44. The number of nitrogens with zero attached hydrogens (tertiary/aromatic N) is 2. The summed E-state index contributed by atoms with van der Waals surface area (Å²) in [6, 6.07) is 20.3. The lowest BCUT2D eigenvalue weighted by atomic mass is 10.2. The minimum absolute atomic E-state index is 0.164. The average molecular weight is 447 g/mol. The van der Waals surface area contributed by atoms with Gasteiger partial charge in [0.15, 0.2) is 0 Å². The molecule has 0 saturated carbocycles. The van der Waals surface area contributed by atoms with Gasteiger partial charge in [-0.2, -0.15) is 0 Å². The number of aryl methyl sites for hydroxylation is 1. The highest BCUT2D eigenvalue weighted by Crippen LogP contribution is 2.23. The molecule has 8 heteroatoms. The average Bonchev–Trinajstić information content (AvgIpc) is 3.09. The van der Waals surface area contributed by atoms with Crippen LogP contribution in [0.15, 0.2) is 90.1 Å². The van der Waals surface area contributed by atoms with Gasteiger partial charge in [0.05, 0.1) is 28.0 Å². The quantitative estimate of drug-likeness (QED) is 0.455. The number of benzene rings is 2. The van der Waals surface area contributed by atoms with Gasteiger partial charge in [0, 0.05) is 23.3 Å². The molecule has 0 radical (unpaired) electrons. The lowest BCUT2D eigenvalue weighted by Gasteiger charge is -2.11. The van der Waals surface area contributed by atoms with Gasteiger partial charge in [-0.25, -0.2) is 8.42 Å². The fourth-order valence-corrected chi connectivity index (χ4v) is 4.62. The van der Waals surface area contributed by atoms with E-state index in [4.69, 9.17) is 0 Å². The van der Waals surface area contributed by atoms with E-state index in [2.05, 4.69) is 15.0 Å². The summed E-state index contributed by atoms with van der Waals surface area (Å²) in [5.74, 6) is -0.281. The minimum Gasteiger partial charge on any atom is -0.322 e. The number of pyridine rings is 1. The Bertz CT molecular complexity index is 1370. The number of rotatable bonds is 6. The van der Waals surface area contributed by atoms with E-state index in [1.807, 2.05) is 36.6 Å². The second kappa shape index (κ2) is 8.68. The Hall–Kier alpha value is -3.91. The Balaban J connectivity index is 1.55. The number of amides is 1. The van der Waals surface area contributed by atoms with Crippen LogP contribution in [0.4, 0.5) is 11.4 Å². The monoisotopic (exact) mass is 446 g/mol. The van der Waals surface area contributed by atoms with Crippen LogP contribution in [0, 0.1) is 13.8 Å². The van der Waals surface area contributed by atoms with Crippen LogP contribution in [0.3, 0.4) is 0 Å². The molecule has 0 saturated heterocycles. The van der Waals surface area contributed by atoms with Gasteiger partial charge in [0.2, 0.25) is 0 Å². The van der Waals surface area contributed by atoms with Crippen LogP contribution < -0.4 is 10.0 Å². The zero-order chi connectivity index (χ0) is 22.7. The van der Waals surface area contributed by atoms with E-state index in [9.17, 15) is 13.2 Å². The highest BCUT2D eigenvalue weighted by Gasteiger charge is 2.18. The van der Waals surface area contributed by atoms with Gasteiger partial charge in [-0.05, 0) is 62.4 Å². The maximum Gasteiger partial charge on any atom is 0.261 e. The van der Waals surface area contributed by atoms with Crippen molar-refractivity contribution in [1.82, 2.24) is 9.55 Å². The number of anilines is 2. The molecule has 0 aliphatic carbocycles. The van der Waals surface area contributed by atoms with Crippen LogP contribution in [-0.2, 0) is 10.0 Å². The predicted molar refractivity (Wildman–Crippen MR) is 125 cm³/mol. The highest BCUT2D eigenvalue weighted by atomic mass is 32.2. The smallest absolute Gasteiger partial charge is 0.261 e. The molecule has 32 heavy (non-hydrogen) atoms. The van der Waals surface area contributed by atoms with Crippen molar-refractivity contribution in [2.75, 3.05) is 10.0 Å². The molecule has 7 nitrogen and oxygen atoms in total. The summed E-state index contributed by atoms with van der Waals surface area (Å²) in [6.45, 7) is 3.80. The zero-order valence-corrected chi connectivity index (χ0v) is 18.4. The van der Waals surface area contributed by atoms with Crippen LogP contribution >= 0.6 is 0 Å². The van der Waals surface area contributed by atoms with E-state index in [0.29, 0.717) is 16.9 Å². The number of carbonyl (C=O) groups excluding carboxylic acids is 1. The lowest BCUT2D eigenvalue weighted by Crippen LogP contribution is -2.15. The molecule has 0 aliphatic rings. The van der Waals surface area contributed by atoms with Crippen molar-refractivity contribution in [2.24, 2.45) is 0 Å². The Morgan fingerprint density at radius 2 is 1.66 bits per heavy atom. The van der Waals surface area contributed by atoms with Crippen molar-refractivity contribution in [1.29, 1.82) is 0 Å². The van der Waals surface area contributed by atoms with E-state index in [1.165, 1.54) is 12.1 Å². The first kappa shape index (κ1) is 21.3. The van der Waals surface area contributed by atoms with Gasteiger partial charge in [-0.1, -0.05) is 24.3 Å². The highest BCUT2D eigenvalue weighted by molar-refractivity contribution is 7.92.